The van der Waals surface area contributed by atoms with E-state index in [9.17, 15) is 0 Å². The first-order valence-corrected chi connectivity index (χ1v) is 4.67. The van der Waals surface area contributed by atoms with Gasteiger partial charge in [-0.1, -0.05) is 17.3 Å². The van der Waals surface area contributed by atoms with Crippen LogP contribution < -0.4 is 10.5 Å². The van der Waals surface area contributed by atoms with Gasteiger partial charge in [-0.2, -0.15) is 0 Å². The van der Waals surface area contributed by atoms with Crippen molar-refractivity contribution in [3.63, 3.8) is 0 Å². The van der Waals surface area contributed by atoms with Gasteiger partial charge in [0.1, 0.15) is 11.9 Å². The Kier molecular flexibility index (Phi) is 2.69. The Bertz CT molecular complexity index is 434. The molecule has 0 aliphatic carbocycles. The Labute approximate surface area is 87.6 Å². The van der Waals surface area contributed by atoms with Crippen LogP contribution in [-0.2, 0) is 6.54 Å². The van der Waals surface area contributed by atoms with E-state index in [4.69, 9.17) is 15.0 Å². The van der Waals surface area contributed by atoms with Gasteiger partial charge in [-0.15, -0.1) is 0 Å². The summed E-state index contributed by atoms with van der Waals surface area (Å²) in [5.41, 5.74) is 6.57. The third-order valence-corrected chi connectivity index (χ3v) is 2.09. The number of benzene rings is 1. The summed E-state index contributed by atoms with van der Waals surface area (Å²) in [6.45, 7) is 2.34. The molecule has 4 heteroatoms. The molecule has 0 aliphatic rings. The molecule has 78 valence electrons. The lowest BCUT2D eigenvalue weighted by Crippen LogP contribution is -1.95. The van der Waals surface area contributed by atoms with Crippen molar-refractivity contribution < 1.29 is 9.26 Å². The Morgan fingerprint density at radius 3 is 2.60 bits per heavy atom. The average Bonchev–Trinajstić information content (AvgIpc) is 2.66. The monoisotopic (exact) mass is 204 g/mol. The van der Waals surface area contributed by atoms with E-state index in [1.807, 2.05) is 24.3 Å². The fourth-order valence-corrected chi connectivity index (χ4v) is 1.21. The fourth-order valence-electron chi connectivity index (χ4n) is 1.21. The van der Waals surface area contributed by atoms with Gasteiger partial charge in [0.25, 0.3) is 0 Å². The predicted molar refractivity (Wildman–Crippen MR) is 55.6 cm³/mol. The van der Waals surface area contributed by atoms with Gasteiger partial charge in [0.05, 0.1) is 0 Å². The minimum atomic E-state index is 0.534. The molecule has 0 bridgehead atoms. The second kappa shape index (κ2) is 4.14. The summed E-state index contributed by atoms with van der Waals surface area (Å²) in [6.07, 6.45) is 1.55. The summed E-state index contributed by atoms with van der Waals surface area (Å²) in [5, 5.41) is 3.63. The van der Waals surface area contributed by atoms with Crippen molar-refractivity contribution in [3.05, 3.63) is 41.8 Å². The fraction of sp³-hybridized carbons (Fsp3) is 0.182. The van der Waals surface area contributed by atoms with E-state index < -0.39 is 0 Å². The molecule has 2 rings (SSSR count). The molecule has 0 spiro atoms. The Balaban J connectivity index is 2.14. The largest absolute Gasteiger partial charge is 0.452 e. The van der Waals surface area contributed by atoms with E-state index >= 15 is 0 Å². The second-order valence-corrected chi connectivity index (χ2v) is 3.20. The number of hydrogen-bond donors (Lipinski definition) is 1. The van der Waals surface area contributed by atoms with Crippen molar-refractivity contribution in [1.82, 2.24) is 5.16 Å². The standard InChI is InChI=1S/C11H12N2O2/c1-8-11(7-13-15-8)14-10-4-2-9(6-12)3-5-10/h2-5,7H,6,12H2,1H3. The zero-order valence-electron chi connectivity index (χ0n) is 8.43. The lowest BCUT2D eigenvalue weighted by molar-refractivity contribution is 0.386. The van der Waals surface area contributed by atoms with Gasteiger partial charge in [0, 0.05) is 13.5 Å². The van der Waals surface area contributed by atoms with Crippen LogP contribution in [0.4, 0.5) is 0 Å². The number of aromatic nitrogens is 1. The third kappa shape index (κ3) is 2.16. The minimum absolute atomic E-state index is 0.534. The molecule has 4 nitrogen and oxygen atoms in total. The summed E-state index contributed by atoms with van der Waals surface area (Å²) >= 11 is 0. The van der Waals surface area contributed by atoms with Gasteiger partial charge in [-0.25, -0.2) is 0 Å². The highest BCUT2D eigenvalue weighted by Crippen LogP contribution is 2.24. The SMILES string of the molecule is Cc1oncc1Oc1ccc(CN)cc1. The van der Waals surface area contributed by atoms with Crippen molar-refractivity contribution in [2.75, 3.05) is 0 Å². The summed E-state index contributed by atoms with van der Waals surface area (Å²) in [7, 11) is 0. The molecule has 0 fully saturated rings. The van der Waals surface area contributed by atoms with Crippen molar-refractivity contribution >= 4 is 0 Å². The molecule has 0 unspecified atom stereocenters. The molecular formula is C11H12N2O2. The number of aryl methyl sites for hydroxylation is 1. The zero-order valence-corrected chi connectivity index (χ0v) is 8.43. The van der Waals surface area contributed by atoms with Gasteiger partial charge in [0.2, 0.25) is 0 Å². The number of nitrogens with two attached hydrogens (primary N) is 1. The van der Waals surface area contributed by atoms with E-state index in [1.54, 1.807) is 13.1 Å². The number of hydrogen-bond acceptors (Lipinski definition) is 4. The molecule has 1 aromatic heterocycles. The molecule has 0 amide bonds. The maximum absolute atomic E-state index is 5.55. The molecule has 0 aliphatic heterocycles. The summed E-state index contributed by atoms with van der Waals surface area (Å²) in [4.78, 5) is 0. The van der Waals surface area contributed by atoms with Crippen molar-refractivity contribution in [2.24, 2.45) is 5.73 Å². The van der Waals surface area contributed by atoms with Crippen LogP contribution >= 0.6 is 0 Å². The maximum Gasteiger partial charge on any atom is 0.189 e. The molecule has 15 heavy (non-hydrogen) atoms. The molecule has 2 N–H and O–H groups in total. The molecule has 2 aromatic rings. The van der Waals surface area contributed by atoms with Crippen LogP contribution in [-0.4, -0.2) is 5.16 Å². The van der Waals surface area contributed by atoms with Gasteiger partial charge in [0.15, 0.2) is 11.5 Å². The van der Waals surface area contributed by atoms with Gasteiger partial charge in [-0.05, 0) is 17.7 Å². The normalized spacial score (nSPS) is 10.3. The van der Waals surface area contributed by atoms with Crippen molar-refractivity contribution in [2.45, 2.75) is 13.5 Å². The molecule has 0 saturated heterocycles. The molecule has 0 radical (unpaired) electrons. The Morgan fingerprint density at radius 1 is 1.33 bits per heavy atom. The first-order chi connectivity index (χ1) is 7.29. The Morgan fingerprint density at radius 2 is 2.07 bits per heavy atom. The zero-order chi connectivity index (χ0) is 10.7. The molecule has 1 aromatic carbocycles. The van der Waals surface area contributed by atoms with Gasteiger partial charge in [-0.3, -0.25) is 0 Å². The highest BCUT2D eigenvalue weighted by molar-refractivity contribution is 5.32. The predicted octanol–water partition coefficient (Wildman–Crippen LogP) is 2.23. The van der Waals surface area contributed by atoms with E-state index in [1.165, 1.54) is 0 Å². The smallest absolute Gasteiger partial charge is 0.189 e. The topological polar surface area (TPSA) is 61.3 Å². The van der Waals surface area contributed by atoms with Crippen LogP contribution in [0.5, 0.6) is 11.5 Å². The van der Waals surface area contributed by atoms with Crippen LogP contribution in [0.2, 0.25) is 0 Å². The van der Waals surface area contributed by atoms with Gasteiger partial charge < -0.3 is 15.0 Å². The van der Waals surface area contributed by atoms with E-state index in [0.29, 0.717) is 18.1 Å². The maximum atomic E-state index is 5.55. The van der Waals surface area contributed by atoms with Crippen LogP contribution in [0.1, 0.15) is 11.3 Å². The molecule has 0 atom stereocenters. The molecular weight excluding hydrogens is 192 g/mol. The number of rotatable bonds is 3. The lowest BCUT2D eigenvalue weighted by Gasteiger charge is -2.03. The van der Waals surface area contributed by atoms with Crippen LogP contribution in [0, 0.1) is 6.92 Å². The first kappa shape index (κ1) is 9.73. The lowest BCUT2D eigenvalue weighted by atomic mass is 10.2. The first-order valence-electron chi connectivity index (χ1n) is 4.67. The van der Waals surface area contributed by atoms with Crippen molar-refractivity contribution in [1.29, 1.82) is 0 Å². The Hall–Kier alpha value is -1.81. The summed E-state index contributed by atoms with van der Waals surface area (Å²) in [6, 6.07) is 7.60. The number of ether oxygens (including phenoxy) is 1. The average molecular weight is 204 g/mol. The van der Waals surface area contributed by atoms with Gasteiger partial charge >= 0.3 is 0 Å². The summed E-state index contributed by atoms with van der Waals surface area (Å²) < 4.78 is 10.4. The molecule has 0 saturated carbocycles. The van der Waals surface area contributed by atoms with E-state index in [2.05, 4.69) is 5.16 Å². The van der Waals surface area contributed by atoms with Crippen LogP contribution in [0.15, 0.2) is 35.0 Å². The highest BCUT2D eigenvalue weighted by Gasteiger charge is 2.04. The van der Waals surface area contributed by atoms with Crippen molar-refractivity contribution in [3.8, 4) is 11.5 Å². The highest BCUT2D eigenvalue weighted by atomic mass is 16.5. The van der Waals surface area contributed by atoms with E-state index in [0.717, 1.165) is 11.3 Å². The van der Waals surface area contributed by atoms with Crippen LogP contribution in [0.25, 0.3) is 0 Å². The number of nitrogens with zero attached hydrogens (tertiary/aromatic N) is 1. The second-order valence-electron chi connectivity index (χ2n) is 3.20. The molecule has 1 heterocycles. The summed E-state index contributed by atoms with van der Waals surface area (Å²) in [5.74, 6) is 2.05. The van der Waals surface area contributed by atoms with E-state index in [-0.39, 0.29) is 0 Å². The quantitative estimate of drug-likeness (QED) is 0.832. The minimum Gasteiger partial charge on any atom is -0.452 e. The van der Waals surface area contributed by atoms with Crippen LogP contribution in [0.3, 0.4) is 0 Å². The third-order valence-electron chi connectivity index (χ3n) is 2.09.